The molecule has 1 aromatic heterocycles. The summed E-state index contributed by atoms with van der Waals surface area (Å²) in [5.74, 6) is -1.17. The largest absolute Gasteiger partial charge is 0.449 e. The molecule has 1 heterocycles. The van der Waals surface area contributed by atoms with Crippen LogP contribution in [0.25, 0.3) is 0 Å². The summed E-state index contributed by atoms with van der Waals surface area (Å²) >= 11 is 0. The molecule has 2 aromatic carbocycles. The van der Waals surface area contributed by atoms with E-state index in [9.17, 15) is 9.59 Å². The number of nitrogens with zero attached hydrogens (tertiary/aromatic N) is 2. The number of rotatable bonds is 7. The SMILES string of the molecule is Cc1noc(N)c1C(=O)OC(C)C(=O)N(Cc1ccccc1)Cc1ccccc1. The molecular formula is C22H23N3O4. The fourth-order valence-corrected chi connectivity index (χ4v) is 2.98. The van der Waals surface area contributed by atoms with E-state index in [0.29, 0.717) is 18.8 Å². The van der Waals surface area contributed by atoms with Crippen molar-refractivity contribution in [3.63, 3.8) is 0 Å². The van der Waals surface area contributed by atoms with E-state index >= 15 is 0 Å². The summed E-state index contributed by atoms with van der Waals surface area (Å²) in [5.41, 5.74) is 7.96. The fourth-order valence-electron chi connectivity index (χ4n) is 2.98. The number of benzene rings is 2. The standard InChI is InChI=1S/C22H23N3O4/c1-15-19(20(23)29-24-15)22(27)28-16(2)21(26)25(13-17-9-5-3-6-10-17)14-18-11-7-4-8-12-18/h3-12,16H,13-14,23H2,1-2H3. The number of anilines is 1. The first-order valence-electron chi connectivity index (χ1n) is 9.25. The highest BCUT2D eigenvalue weighted by Gasteiger charge is 2.28. The number of hydrogen-bond donors (Lipinski definition) is 1. The number of ether oxygens (including phenoxy) is 1. The molecule has 7 nitrogen and oxygen atoms in total. The van der Waals surface area contributed by atoms with Crippen molar-refractivity contribution in [2.45, 2.75) is 33.0 Å². The van der Waals surface area contributed by atoms with Crippen molar-refractivity contribution in [3.8, 4) is 0 Å². The van der Waals surface area contributed by atoms with Gasteiger partial charge in [0.1, 0.15) is 5.56 Å². The lowest BCUT2D eigenvalue weighted by Gasteiger charge is -2.26. The third-order valence-electron chi connectivity index (χ3n) is 4.47. The van der Waals surface area contributed by atoms with E-state index in [0.717, 1.165) is 11.1 Å². The van der Waals surface area contributed by atoms with Gasteiger partial charge in [0.2, 0.25) is 5.88 Å². The zero-order valence-electron chi connectivity index (χ0n) is 16.4. The molecule has 0 radical (unpaired) electrons. The number of nitrogens with two attached hydrogens (primary N) is 1. The lowest BCUT2D eigenvalue weighted by atomic mass is 10.1. The molecule has 0 aliphatic carbocycles. The summed E-state index contributed by atoms with van der Waals surface area (Å²) in [7, 11) is 0. The lowest BCUT2D eigenvalue weighted by molar-refractivity contribution is -0.141. The van der Waals surface area contributed by atoms with Crippen LogP contribution in [-0.2, 0) is 22.6 Å². The van der Waals surface area contributed by atoms with E-state index in [1.807, 2.05) is 60.7 Å². The minimum atomic E-state index is -0.997. The molecule has 0 fully saturated rings. The van der Waals surface area contributed by atoms with Crippen LogP contribution in [0.5, 0.6) is 0 Å². The van der Waals surface area contributed by atoms with Gasteiger partial charge in [-0.3, -0.25) is 4.79 Å². The van der Waals surface area contributed by atoms with Crippen molar-refractivity contribution in [1.82, 2.24) is 10.1 Å². The molecule has 150 valence electrons. The van der Waals surface area contributed by atoms with E-state index in [1.54, 1.807) is 18.7 Å². The third kappa shape index (κ3) is 5.01. The van der Waals surface area contributed by atoms with E-state index in [2.05, 4.69) is 5.16 Å². The van der Waals surface area contributed by atoms with Crippen LogP contribution in [0.15, 0.2) is 65.2 Å². The number of aryl methyl sites for hydroxylation is 1. The molecule has 1 amide bonds. The van der Waals surface area contributed by atoms with Crippen LogP contribution in [0.2, 0.25) is 0 Å². The van der Waals surface area contributed by atoms with Crippen LogP contribution in [0.1, 0.15) is 34.1 Å². The van der Waals surface area contributed by atoms with Gasteiger partial charge in [-0.05, 0) is 25.0 Å². The molecule has 3 aromatic rings. The summed E-state index contributed by atoms with van der Waals surface area (Å²) in [4.78, 5) is 27.2. The first-order valence-corrected chi connectivity index (χ1v) is 9.25. The zero-order chi connectivity index (χ0) is 20.8. The predicted molar refractivity (Wildman–Crippen MR) is 108 cm³/mol. The number of esters is 1. The van der Waals surface area contributed by atoms with Crippen molar-refractivity contribution in [3.05, 3.63) is 83.0 Å². The van der Waals surface area contributed by atoms with Crippen molar-refractivity contribution < 1.29 is 18.8 Å². The number of amides is 1. The molecule has 2 N–H and O–H groups in total. The Morgan fingerprint density at radius 3 is 2.00 bits per heavy atom. The molecule has 0 aliphatic rings. The lowest BCUT2D eigenvalue weighted by Crippen LogP contribution is -2.39. The minimum absolute atomic E-state index is 0.0438. The summed E-state index contributed by atoms with van der Waals surface area (Å²) in [6, 6.07) is 19.3. The number of carbonyl (C=O) groups is 2. The molecule has 1 unspecified atom stereocenters. The van der Waals surface area contributed by atoms with Gasteiger partial charge in [-0.2, -0.15) is 0 Å². The van der Waals surface area contributed by atoms with Gasteiger partial charge in [0, 0.05) is 13.1 Å². The van der Waals surface area contributed by atoms with Crippen LogP contribution in [-0.4, -0.2) is 28.0 Å². The fraction of sp³-hybridized carbons (Fsp3) is 0.227. The number of nitrogen functional groups attached to an aromatic ring is 1. The average molecular weight is 393 g/mol. The summed E-state index contributed by atoms with van der Waals surface area (Å²) in [6.45, 7) is 3.91. The maximum Gasteiger partial charge on any atom is 0.346 e. The number of aromatic nitrogens is 1. The zero-order valence-corrected chi connectivity index (χ0v) is 16.4. The van der Waals surface area contributed by atoms with Gasteiger partial charge in [-0.25, -0.2) is 4.79 Å². The first-order chi connectivity index (χ1) is 14.0. The van der Waals surface area contributed by atoms with E-state index in [1.165, 1.54) is 0 Å². The van der Waals surface area contributed by atoms with Crippen molar-refractivity contribution in [2.75, 3.05) is 5.73 Å². The molecule has 0 aliphatic heterocycles. The monoisotopic (exact) mass is 393 g/mol. The highest BCUT2D eigenvalue weighted by Crippen LogP contribution is 2.19. The van der Waals surface area contributed by atoms with Crippen molar-refractivity contribution in [2.24, 2.45) is 0 Å². The maximum absolute atomic E-state index is 13.1. The van der Waals surface area contributed by atoms with Gasteiger partial charge in [0.25, 0.3) is 5.91 Å². The Hall–Kier alpha value is -3.61. The smallest absolute Gasteiger partial charge is 0.346 e. The second-order valence-electron chi connectivity index (χ2n) is 6.72. The van der Waals surface area contributed by atoms with E-state index < -0.39 is 12.1 Å². The van der Waals surface area contributed by atoms with Crippen LogP contribution in [0.4, 0.5) is 5.88 Å². The second-order valence-corrected chi connectivity index (χ2v) is 6.72. The Kier molecular flexibility index (Phi) is 6.29. The molecule has 1 atom stereocenters. The molecule has 7 heteroatoms. The Labute approximate surface area is 169 Å². The van der Waals surface area contributed by atoms with Gasteiger partial charge >= 0.3 is 5.97 Å². The molecule has 0 spiro atoms. The van der Waals surface area contributed by atoms with Gasteiger partial charge in [-0.15, -0.1) is 0 Å². The van der Waals surface area contributed by atoms with Gasteiger partial charge < -0.3 is 19.9 Å². The molecular weight excluding hydrogens is 370 g/mol. The van der Waals surface area contributed by atoms with Crippen LogP contribution >= 0.6 is 0 Å². The van der Waals surface area contributed by atoms with Crippen molar-refractivity contribution in [1.29, 1.82) is 0 Å². The van der Waals surface area contributed by atoms with E-state index in [4.69, 9.17) is 15.0 Å². The third-order valence-corrected chi connectivity index (χ3v) is 4.47. The Morgan fingerprint density at radius 2 is 1.55 bits per heavy atom. The first kappa shape index (κ1) is 20.1. The summed E-state index contributed by atoms with van der Waals surface area (Å²) < 4.78 is 10.2. The topological polar surface area (TPSA) is 98.7 Å². The predicted octanol–water partition coefficient (Wildman–Crippen LogP) is 3.34. The van der Waals surface area contributed by atoms with Crippen LogP contribution < -0.4 is 5.73 Å². The molecule has 0 saturated heterocycles. The Balaban J connectivity index is 1.76. The molecule has 0 saturated carbocycles. The minimum Gasteiger partial charge on any atom is -0.449 e. The maximum atomic E-state index is 13.1. The quantitative estimate of drug-likeness (QED) is 0.618. The molecule has 0 bridgehead atoms. The normalized spacial score (nSPS) is 11.7. The summed E-state index contributed by atoms with van der Waals surface area (Å²) in [5, 5.41) is 3.64. The van der Waals surface area contributed by atoms with Gasteiger partial charge in [0.05, 0.1) is 5.69 Å². The molecule has 3 rings (SSSR count). The van der Waals surface area contributed by atoms with Gasteiger partial charge in [0.15, 0.2) is 6.10 Å². The van der Waals surface area contributed by atoms with Crippen molar-refractivity contribution >= 4 is 17.8 Å². The van der Waals surface area contributed by atoms with E-state index in [-0.39, 0.29) is 17.4 Å². The Morgan fingerprint density at radius 1 is 1.03 bits per heavy atom. The molecule has 29 heavy (non-hydrogen) atoms. The Bertz CT molecular complexity index is 909. The van der Waals surface area contributed by atoms with Gasteiger partial charge in [-0.1, -0.05) is 65.8 Å². The number of hydrogen-bond acceptors (Lipinski definition) is 6. The second kappa shape index (κ2) is 9.05. The van der Waals surface area contributed by atoms with Crippen LogP contribution in [0, 0.1) is 6.92 Å². The van der Waals surface area contributed by atoms with Crippen LogP contribution in [0.3, 0.4) is 0 Å². The summed E-state index contributed by atoms with van der Waals surface area (Å²) in [6.07, 6.45) is -0.997. The number of carbonyl (C=O) groups excluding carboxylic acids is 2. The highest BCUT2D eigenvalue weighted by molar-refractivity contribution is 5.96. The highest BCUT2D eigenvalue weighted by atomic mass is 16.5. The average Bonchev–Trinajstić information content (AvgIpc) is 3.06.